The molecule has 8 heteroatoms. The van der Waals surface area contributed by atoms with E-state index in [-0.39, 0.29) is 36.7 Å². The molecule has 2 heterocycles. The lowest BCUT2D eigenvalue weighted by Gasteiger charge is -2.42. The minimum absolute atomic E-state index is 0. The van der Waals surface area contributed by atoms with Gasteiger partial charge in [-0.05, 0) is 43.4 Å². The number of nitrogens with one attached hydrogen (secondary N) is 2. The van der Waals surface area contributed by atoms with Gasteiger partial charge in [0.1, 0.15) is 6.04 Å². The van der Waals surface area contributed by atoms with Gasteiger partial charge in [0, 0.05) is 19.5 Å². The number of likely N-dealkylation sites (tertiary alicyclic amines) is 1. The maximum absolute atomic E-state index is 13.7. The lowest BCUT2D eigenvalue weighted by atomic mass is 9.71. The first-order valence-electron chi connectivity index (χ1n) is 11.6. The Bertz CT molecular complexity index is 972. The molecule has 182 valence electrons. The van der Waals surface area contributed by atoms with Crippen LogP contribution >= 0.6 is 12.4 Å². The number of benzene rings is 2. The zero-order chi connectivity index (χ0) is 23.3. The first-order chi connectivity index (χ1) is 16.0. The number of aliphatic carboxylic acids is 1. The average molecular weight is 486 g/mol. The summed E-state index contributed by atoms with van der Waals surface area (Å²) in [4.78, 5) is 40.4. The topological polar surface area (TPSA) is 98.7 Å². The second-order valence-corrected chi connectivity index (χ2v) is 8.98. The van der Waals surface area contributed by atoms with Gasteiger partial charge in [-0.2, -0.15) is 0 Å². The van der Waals surface area contributed by atoms with Crippen LogP contribution < -0.4 is 10.6 Å². The quantitative estimate of drug-likeness (QED) is 0.559. The molecule has 2 amide bonds. The number of carbonyl (C=O) groups is 3. The van der Waals surface area contributed by atoms with Crippen LogP contribution in [-0.2, 0) is 26.2 Å². The van der Waals surface area contributed by atoms with Gasteiger partial charge in [-0.15, -0.1) is 12.4 Å². The van der Waals surface area contributed by atoms with Crippen molar-refractivity contribution in [3.8, 4) is 0 Å². The fourth-order valence-electron chi connectivity index (χ4n) is 4.97. The van der Waals surface area contributed by atoms with Crippen molar-refractivity contribution in [2.75, 3.05) is 19.6 Å². The van der Waals surface area contributed by atoms with Crippen molar-refractivity contribution in [3.63, 3.8) is 0 Å². The molecule has 0 radical (unpaired) electrons. The number of halogens is 1. The van der Waals surface area contributed by atoms with E-state index in [2.05, 4.69) is 10.6 Å². The van der Waals surface area contributed by atoms with Gasteiger partial charge in [0.05, 0.1) is 11.5 Å². The van der Waals surface area contributed by atoms with Crippen molar-refractivity contribution >= 4 is 30.2 Å². The van der Waals surface area contributed by atoms with E-state index in [1.54, 1.807) is 0 Å². The number of hydrogen-bond donors (Lipinski definition) is 3. The summed E-state index contributed by atoms with van der Waals surface area (Å²) in [5, 5.41) is 15.9. The first kappa shape index (κ1) is 25.7. The molecule has 2 aromatic rings. The van der Waals surface area contributed by atoms with Crippen LogP contribution in [0.15, 0.2) is 60.7 Å². The summed E-state index contributed by atoms with van der Waals surface area (Å²) in [7, 11) is 0. The number of amides is 2. The van der Waals surface area contributed by atoms with Crippen LogP contribution in [0.4, 0.5) is 0 Å². The fourth-order valence-corrected chi connectivity index (χ4v) is 4.97. The van der Waals surface area contributed by atoms with Crippen molar-refractivity contribution in [2.45, 2.75) is 49.6 Å². The maximum atomic E-state index is 13.7. The molecule has 0 unspecified atom stereocenters. The van der Waals surface area contributed by atoms with Gasteiger partial charge < -0.3 is 20.6 Å². The fraction of sp³-hybridized carbons (Fsp3) is 0.423. The predicted octanol–water partition coefficient (Wildman–Crippen LogP) is 2.53. The average Bonchev–Trinajstić information content (AvgIpc) is 3.39. The molecule has 3 N–H and O–H groups in total. The van der Waals surface area contributed by atoms with Gasteiger partial charge >= 0.3 is 5.97 Å². The molecule has 0 aliphatic carbocycles. The molecule has 0 saturated carbocycles. The molecule has 2 aliphatic rings. The van der Waals surface area contributed by atoms with Crippen molar-refractivity contribution in [2.24, 2.45) is 0 Å². The van der Waals surface area contributed by atoms with Crippen molar-refractivity contribution in [3.05, 3.63) is 71.8 Å². The second-order valence-electron chi connectivity index (χ2n) is 8.98. The van der Waals surface area contributed by atoms with Gasteiger partial charge in [-0.1, -0.05) is 60.7 Å². The Morgan fingerprint density at radius 1 is 1.03 bits per heavy atom. The zero-order valence-corrected chi connectivity index (χ0v) is 19.9. The van der Waals surface area contributed by atoms with Crippen LogP contribution in [0, 0.1) is 0 Å². The summed E-state index contributed by atoms with van der Waals surface area (Å²) in [5.41, 5.74) is 0.840. The Morgan fingerprint density at radius 3 is 2.21 bits per heavy atom. The summed E-state index contributed by atoms with van der Waals surface area (Å²) in [6, 6.07) is 17.7. The van der Waals surface area contributed by atoms with Crippen LogP contribution in [-0.4, -0.2) is 59.5 Å². The lowest BCUT2D eigenvalue weighted by Crippen LogP contribution is -2.57. The summed E-state index contributed by atoms with van der Waals surface area (Å²) < 4.78 is 0. The number of rotatable bonds is 7. The molecule has 0 aromatic heterocycles. The number of carboxylic acid groups (broad SMARTS) is 1. The highest BCUT2D eigenvalue weighted by atomic mass is 35.5. The van der Waals surface area contributed by atoms with Crippen LogP contribution in [0.2, 0.25) is 0 Å². The summed E-state index contributed by atoms with van der Waals surface area (Å²) in [6.45, 7) is 1.80. The molecule has 2 fully saturated rings. The molecule has 2 aliphatic heterocycles. The highest BCUT2D eigenvalue weighted by Gasteiger charge is 2.45. The SMILES string of the molecule is Cl.O=C(O)[C@H](Cc1ccccc1)NC(=O)C1(c2ccccc2)CCN(C(=O)[C@@H]2CCCN2)CC1. The molecule has 4 rings (SSSR count). The third-order valence-corrected chi connectivity index (χ3v) is 6.93. The molecule has 0 bridgehead atoms. The molecule has 7 nitrogen and oxygen atoms in total. The third kappa shape index (κ3) is 5.59. The van der Waals surface area contributed by atoms with E-state index in [9.17, 15) is 19.5 Å². The van der Waals surface area contributed by atoms with E-state index < -0.39 is 17.4 Å². The van der Waals surface area contributed by atoms with Crippen LogP contribution in [0.3, 0.4) is 0 Å². The third-order valence-electron chi connectivity index (χ3n) is 6.93. The molecule has 2 atom stereocenters. The number of carbonyl (C=O) groups excluding carboxylic acids is 2. The number of piperidine rings is 1. The Morgan fingerprint density at radius 2 is 1.65 bits per heavy atom. The molecule has 34 heavy (non-hydrogen) atoms. The largest absolute Gasteiger partial charge is 0.480 e. The number of nitrogens with zero attached hydrogens (tertiary/aromatic N) is 1. The van der Waals surface area contributed by atoms with E-state index in [1.807, 2.05) is 65.6 Å². The van der Waals surface area contributed by atoms with Gasteiger partial charge in [0.25, 0.3) is 0 Å². The summed E-state index contributed by atoms with van der Waals surface area (Å²) in [5.74, 6) is -1.25. The van der Waals surface area contributed by atoms with Gasteiger partial charge in [-0.25, -0.2) is 4.79 Å². The van der Waals surface area contributed by atoms with Crippen molar-refractivity contribution in [1.82, 2.24) is 15.5 Å². The first-order valence-corrected chi connectivity index (χ1v) is 11.6. The van der Waals surface area contributed by atoms with Crippen LogP contribution in [0.5, 0.6) is 0 Å². The maximum Gasteiger partial charge on any atom is 0.326 e. The number of carboxylic acids is 1. The van der Waals surface area contributed by atoms with Crippen LogP contribution in [0.25, 0.3) is 0 Å². The Balaban J connectivity index is 0.00000324. The van der Waals surface area contributed by atoms with E-state index in [1.165, 1.54) is 0 Å². The van der Waals surface area contributed by atoms with Crippen molar-refractivity contribution in [1.29, 1.82) is 0 Å². The van der Waals surface area contributed by atoms with E-state index >= 15 is 0 Å². The highest BCUT2D eigenvalue weighted by molar-refractivity contribution is 5.92. The Labute approximate surface area is 206 Å². The minimum Gasteiger partial charge on any atom is -0.480 e. The standard InChI is InChI=1S/C26H31N3O4.ClH/c30-23(21-12-7-15-27-21)29-16-13-26(14-17-29,20-10-5-2-6-11-20)25(33)28-22(24(31)32)18-19-8-3-1-4-9-19;/h1-6,8-11,21-22,27H,7,12-18H2,(H,28,33)(H,31,32);1H/t21-,22-;/m0./s1. The van der Waals surface area contributed by atoms with E-state index in [0.717, 1.165) is 30.5 Å². The van der Waals surface area contributed by atoms with Crippen molar-refractivity contribution < 1.29 is 19.5 Å². The normalized spacial score (nSPS) is 20.1. The van der Waals surface area contributed by atoms with E-state index in [4.69, 9.17) is 0 Å². The van der Waals surface area contributed by atoms with Crippen LogP contribution in [0.1, 0.15) is 36.8 Å². The van der Waals surface area contributed by atoms with Gasteiger partial charge in [0.15, 0.2) is 0 Å². The molecule has 2 saturated heterocycles. The summed E-state index contributed by atoms with van der Waals surface area (Å²) in [6.07, 6.45) is 2.97. The molecular formula is C26H32ClN3O4. The van der Waals surface area contributed by atoms with Gasteiger partial charge in [-0.3, -0.25) is 9.59 Å². The highest BCUT2D eigenvalue weighted by Crippen LogP contribution is 2.36. The second kappa shape index (κ2) is 11.5. The lowest BCUT2D eigenvalue weighted by molar-refractivity contribution is -0.143. The number of hydrogen-bond acceptors (Lipinski definition) is 4. The van der Waals surface area contributed by atoms with Gasteiger partial charge in [0.2, 0.25) is 11.8 Å². The molecular weight excluding hydrogens is 454 g/mol. The Kier molecular flexibility index (Phi) is 8.69. The zero-order valence-electron chi connectivity index (χ0n) is 19.1. The summed E-state index contributed by atoms with van der Waals surface area (Å²) >= 11 is 0. The monoisotopic (exact) mass is 485 g/mol. The smallest absolute Gasteiger partial charge is 0.326 e. The minimum atomic E-state index is -1.06. The predicted molar refractivity (Wildman–Crippen MR) is 132 cm³/mol. The molecule has 2 aromatic carbocycles. The van der Waals surface area contributed by atoms with E-state index in [0.29, 0.717) is 25.9 Å². The molecule has 0 spiro atoms. The Hall–Kier alpha value is -2.90.